The van der Waals surface area contributed by atoms with E-state index in [1.807, 2.05) is 12.1 Å². The topological polar surface area (TPSA) is 49.4 Å². The minimum Gasteiger partial charge on any atom is -0.384 e. The van der Waals surface area contributed by atoms with Crippen molar-refractivity contribution in [1.82, 2.24) is 4.31 Å². The summed E-state index contributed by atoms with van der Waals surface area (Å²) < 4.78 is 26.8. The van der Waals surface area contributed by atoms with Gasteiger partial charge in [-0.2, -0.15) is 0 Å². The first-order valence-corrected chi connectivity index (χ1v) is 8.84. The zero-order valence-corrected chi connectivity index (χ0v) is 12.7. The number of nitrogens with zero attached hydrogens (tertiary/aromatic N) is 1. The van der Waals surface area contributed by atoms with E-state index in [9.17, 15) is 8.42 Å². The van der Waals surface area contributed by atoms with Crippen LogP contribution in [-0.2, 0) is 16.4 Å². The van der Waals surface area contributed by atoms with Crippen LogP contribution in [-0.4, -0.2) is 32.9 Å². The molecule has 0 aromatic heterocycles. The highest BCUT2D eigenvalue weighted by atomic mass is 32.2. The second-order valence-corrected chi connectivity index (χ2v) is 7.98. The molecule has 110 valence electrons. The van der Waals surface area contributed by atoms with Gasteiger partial charge in [0.05, 0.1) is 4.90 Å². The van der Waals surface area contributed by atoms with Crippen molar-refractivity contribution in [3.05, 3.63) is 23.8 Å². The second-order valence-electron chi connectivity index (χ2n) is 5.93. The number of nitrogens with one attached hydrogen (secondary N) is 1. The Morgan fingerprint density at radius 3 is 2.80 bits per heavy atom. The maximum Gasteiger partial charge on any atom is 0.242 e. The van der Waals surface area contributed by atoms with Crippen molar-refractivity contribution in [2.45, 2.75) is 37.0 Å². The van der Waals surface area contributed by atoms with Crippen molar-refractivity contribution in [1.29, 1.82) is 0 Å². The predicted molar refractivity (Wildman–Crippen MR) is 80.4 cm³/mol. The number of fused-ring (bicyclic) bond motifs is 1. The van der Waals surface area contributed by atoms with Gasteiger partial charge in [0.25, 0.3) is 0 Å². The lowest BCUT2D eigenvalue weighted by molar-refractivity contribution is 0.387. The molecule has 20 heavy (non-hydrogen) atoms. The Balaban J connectivity index is 1.79. The van der Waals surface area contributed by atoms with Crippen LogP contribution in [0.4, 0.5) is 5.69 Å². The Labute approximate surface area is 121 Å². The molecule has 1 heterocycles. The van der Waals surface area contributed by atoms with E-state index in [-0.39, 0.29) is 0 Å². The first-order valence-electron chi connectivity index (χ1n) is 7.40. The molecule has 5 heteroatoms. The molecule has 0 spiro atoms. The van der Waals surface area contributed by atoms with Gasteiger partial charge in [-0.05, 0) is 48.9 Å². The van der Waals surface area contributed by atoms with Gasteiger partial charge < -0.3 is 5.32 Å². The van der Waals surface area contributed by atoms with Crippen LogP contribution in [0.3, 0.4) is 0 Å². The van der Waals surface area contributed by atoms with Crippen molar-refractivity contribution in [2.24, 2.45) is 5.92 Å². The lowest BCUT2D eigenvalue weighted by atomic mass is 10.1. The standard InChI is InChI=1S/C15H22N2O2S/c1-17(11-12-4-2-3-5-12)20(18,19)14-6-7-15-13(10-14)8-9-16-15/h6-7,10,12,16H,2-5,8-9,11H2,1H3. The first-order chi connectivity index (χ1) is 9.57. The van der Waals surface area contributed by atoms with Crippen LogP contribution in [0.5, 0.6) is 0 Å². The number of anilines is 1. The van der Waals surface area contributed by atoms with E-state index in [2.05, 4.69) is 5.32 Å². The lowest BCUT2D eigenvalue weighted by Gasteiger charge is -2.21. The summed E-state index contributed by atoms with van der Waals surface area (Å²) >= 11 is 0. The summed E-state index contributed by atoms with van der Waals surface area (Å²) in [5.41, 5.74) is 2.18. The van der Waals surface area contributed by atoms with E-state index in [0.29, 0.717) is 17.4 Å². The van der Waals surface area contributed by atoms with Crippen molar-refractivity contribution in [2.75, 3.05) is 25.5 Å². The Morgan fingerprint density at radius 1 is 1.30 bits per heavy atom. The predicted octanol–water partition coefficient (Wildman–Crippen LogP) is 2.47. The molecule has 0 saturated heterocycles. The number of rotatable bonds is 4. The van der Waals surface area contributed by atoms with Crippen LogP contribution in [0.25, 0.3) is 0 Å². The van der Waals surface area contributed by atoms with Crippen molar-refractivity contribution < 1.29 is 8.42 Å². The maximum absolute atomic E-state index is 12.6. The summed E-state index contributed by atoms with van der Waals surface area (Å²) in [6.45, 7) is 1.55. The average molecular weight is 294 g/mol. The normalized spacial score (nSPS) is 19.3. The van der Waals surface area contributed by atoms with Crippen molar-refractivity contribution >= 4 is 15.7 Å². The quantitative estimate of drug-likeness (QED) is 0.928. The van der Waals surface area contributed by atoms with E-state index in [1.54, 1.807) is 13.1 Å². The summed E-state index contributed by atoms with van der Waals surface area (Å²) in [5, 5.41) is 3.26. The number of hydrogen-bond donors (Lipinski definition) is 1. The van der Waals surface area contributed by atoms with Gasteiger partial charge in [0.2, 0.25) is 10.0 Å². The smallest absolute Gasteiger partial charge is 0.242 e. The molecule has 1 aliphatic heterocycles. The van der Waals surface area contributed by atoms with Crippen molar-refractivity contribution in [3.8, 4) is 0 Å². The van der Waals surface area contributed by atoms with E-state index >= 15 is 0 Å². The maximum atomic E-state index is 12.6. The molecule has 1 N–H and O–H groups in total. The second kappa shape index (κ2) is 5.37. The molecule has 2 aliphatic rings. The summed E-state index contributed by atoms with van der Waals surface area (Å²) in [7, 11) is -1.64. The monoisotopic (exact) mass is 294 g/mol. The fraction of sp³-hybridized carbons (Fsp3) is 0.600. The van der Waals surface area contributed by atoms with Gasteiger partial charge in [0, 0.05) is 25.8 Å². The van der Waals surface area contributed by atoms with Crippen LogP contribution in [0.1, 0.15) is 31.2 Å². The molecule has 1 aromatic rings. The minimum absolute atomic E-state index is 0.431. The third kappa shape index (κ3) is 2.56. The molecule has 1 aromatic carbocycles. The molecule has 1 fully saturated rings. The van der Waals surface area contributed by atoms with E-state index in [1.165, 1.54) is 17.1 Å². The fourth-order valence-corrected chi connectivity index (χ4v) is 4.57. The highest BCUT2D eigenvalue weighted by molar-refractivity contribution is 7.89. The zero-order valence-electron chi connectivity index (χ0n) is 11.9. The van der Waals surface area contributed by atoms with Crippen LogP contribution in [0.15, 0.2) is 23.1 Å². The fourth-order valence-electron chi connectivity index (χ4n) is 3.28. The Hall–Kier alpha value is -1.07. The average Bonchev–Trinajstić information content (AvgIpc) is 3.07. The Bertz CT molecular complexity index is 592. The molecular weight excluding hydrogens is 272 g/mol. The molecular formula is C15H22N2O2S. The third-order valence-corrected chi connectivity index (χ3v) is 6.30. The molecule has 0 amide bonds. The van der Waals surface area contributed by atoms with E-state index in [4.69, 9.17) is 0 Å². The molecule has 0 radical (unpaired) electrons. The molecule has 4 nitrogen and oxygen atoms in total. The molecule has 1 aliphatic carbocycles. The minimum atomic E-state index is -3.34. The van der Waals surface area contributed by atoms with Gasteiger partial charge in [0.1, 0.15) is 0 Å². The van der Waals surface area contributed by atoms with Gasteiger partial charge >= 0.3 is 0 Å². The molecule has 1 saturated carbocycles. The van der Waals surface area contributed by atoms with E-state index < -0.39 is 10.0 Å². The van der Waals surface area contributed by atoms with Crippen LogP contribution < -0.4 is 5.32 Å². The van der Waals surface area contributed by atoms with E-state index in [0.717, 1.165) is 37.1 Å². The first kappa shape index (κ1) is 13.9. The third-order valence-electron chi connectivity index (χ3n) is 4.48. The zero-order chi connectivity index (χ0) is 14.2. The molecule has 3 rings (SSSR count). The van der Waals surface area contributed by atoms with Gasteiger partial charge in [-0.25, -0.2) is 12.7 Å². The number of benzene rings is 1. The van der Waals surface area contributed by atoms with Crippen LogP contribution >= 0.6 is 0 Å². The van der Waals surface area contributed by atoms with Gasteiger partial charge in [0.15, 0.2) is 0 Å². The van der Waals surface area contributed by atoms with Crippen LogP contribution in [0.2, 0.25) is 0 Å². The van der Waals surface area contributed by atoms with Crippen LogP contribution in [0, 0.1) is 5.92 Å². The lowest BCUT2D eigenvalue weighted by Crippen LogP contribution is -2.31. The van der Waals surface area contributed by atoms with Gasteiger partial charge in [-0.3, -0.25) is 0 Å². The molecule has 0 unspecified atom stereocenters. The molecule has 0 bridgehead atoms. The Kier molecular flexibility index (Phi) is 3.73. The van der Waals surface area contributed by atoms with Gasteiger partial charge in [-0.15, -0.1) is 0 Å². The Morgan fingerprint density at radius 2 is 2.05 bits per heavy atom. The van der Waals surface area contributed by atoms with Gasteiger partial charge in [-0.1, -0.05) is 12.8 Å². The number of sulfonamides is 1. The number of hydrogen-bond acceptors (Lipinski definition) is 3. The summed E-state index contributed by atoms with van der Waals surface area (Å²) in [6.07, 6.45) is 5.71. The highest BCUT2D eigenvalue weighted by Gasteiger charge is 2.26. The highest BCUT2D eigenvalue weighted by Crippen LogP contribution is 2.29. The van der Waals surface area contributed by atoms with Crippen molar-refractivity contribution in [3.63, 3.8) is 0 Å². The summed E-state index contributed by atoms with van der Waals surface area (Å²) in [4.78, 5) is 0.431. The molecule has 0 atom stereocenters. The largest absolute Gasteiger partial charge is 0.384 e. The SMILES string of the molecule is CN(CC1CCCC1)S(=O)(=O)c1ccc2c(c1)CCN2. The summed E-state index contributed by atoms with van der Waals surface area (Å²) in [5.74, 6) is 0.533. The summed E-state index contributed by atoms with van der Waals surface area (Å²) in [6, 6.07) is 5.44.